The van der Waals surface area contributed by atoms with Gasteiger partial charge in [-0.15, -0.1) is 0 Å². The number of piperazine rings is 1. The number of rotatable bonds is 8. The molecule has 0 spiro atoms. The summed E-state index contributed by atoms with van der Waals surface area (Å²) in [5.41, 5.74) is 4.13. The Morgan fingerprint density at radius 1 is 1.05 bits per heavy atom. The van der Waals surface area contributed by atoms with E-state index >= 15 is 0 Å². The minimum atomic E-state index is -0.498. The number of likely N-dealkylation sites (N-methyl/N-ethyl adjacent to an activating group) is 1. The van der Waals surface area contributed by atoms with Crippen LogP contribution < -0.4 is 14.8 Å². The van der Waals surface area contributed by atoms with Gasteiger partial charge in [-0.2, -0.15) is 0 Å². The zero-order valence-corrected chi connectivity index (χ0v) is 25.0. The molecule has 0 saturated carbocycles. The van der Waals surface area contributed by atoms with E-state index in [0.717, 1.165) is 16.7 Å². The molecule has 1 aromatic rings. The number of allylic oxidation sites excluding steroid dienone is 2. The predicted octanol–water partition coefficient (Wildman–Crippen LogP) is 2.62. The first-order valence-electron chi connectivity index (χ1n) is 13.6. The highest BCUT2D eigenvalue weighted by Gasteiger charge is 2.51. The molecule has 10 heteroatoms. The van der Waals surface area contributed by atoms with Crippen LogP contribution in [0.3, 0.4) is 0 Å². The third-order valence-corrected chi connectivity index (χ3v) is 8.51. The number of benzene rings is 1. The van der Waals surface area contributed by atoms with Crippen LogP contribution in [0.25, 0.3) is 0 Å². The van der Waals surface area contributed by atoms with Crippen molar-refractivity contribution in [3.63, 3.8) is 0 Å². The average molecular weight is 556 g/mol. The zero-order chi connectivity index (χ0) is 29.5. The number of carbonyl (C=O) groups excluding carboxylic acids is 3. The first kappa shape index (κ1) is 29.8. The van der Waals surface area contributed by atoms with E-state index in [9.17, 15) is 14.4 Å². The standard InChI is InChI=1S/C30H41N3O7/c1-15-10-16(2)28(38-8)30(40-14-37-7)23(15)25-21-11-20-24(27(36)29(39-9)18(4)26(20)35)22(12-31-19(5)34)33(21)13-17(3)32(25)6/h10,17,21-22,25H,11-14H2,1-9H3,(H,31,34)/t17?,21?,22-,25-/m0/s1. The largest absolute Gasteiger partial charge is 0.493 e. The fraction of sp³-hybridized carbons (Fsp3) is 0.567. The van der Waals surface area contributed by atoms with Gasteiger partial charge in [0.15, 0.2) is 29.8 Å². The summed E-state index contributed by atoms with van der Waals surface area (Å²) in [5, 5.41) is 2.91. The Morgan fingerprint density at radius 3 is 2.35 bits per heavy atom. The summed E-state index contributed by atoms with van der Waals surface area (Å²) in [6.45, 7) is 10.1. The zero-order valence-electron chi connectivity index (χ0n) is 25.0. The summed E-state index contributed by atoms with van der Waals surface area (Å²) in [7, 11) is 6.68. The van der Waals surface area contributed by atoms with Gasteiger partial charge in [0.1, 0.15) is 0 Å². The van der Waals surface area contributed by atoms with Crippen LogP contribution in [0.15, 0.2) is 28.5 Å². The second-order valence-electron chi connectivity index (χ2n) is 10.9. The van der Waals surface area contributed by atoms with Crippen molar-refractivity contribution in [2.24, 2.45) is 0 Å². The molecular weight excluding hydrogens is 514 g/mol. The lowest BCUT2D eigenvalue weighted by molar-refractivity contribution is -0.122. The van der Waals surface area contributed by atoms with Gasteiger partial charge in [0.25, 0.3) is 0 Å². The minimum absolute atomic E-state index is 0.0455. The van der Waals surface area contributed by atoms with Gasteiger partial charge in [-0.25, -0.2) is 0 Å². The number of ketones is 2. The quantitative estimate of drug-likeness (QED) is 0.383. The van der Waals surface area contributed by atoms with Crippen LogP contribution in [0.5, 0.6) is 11.5 Å². The van der Waals surface area contributed by atoms with Gasteiger partial charge < -0.3 is 24.3 Å². The molecule has 10 nitrogen and oxygen atoms in total. The molecule has 1 aliphatic carbocycles. The molecule has 2 unspecified atom stereocenters. The van der Waals surface area contributed by atoms with E-state index in [4.69, 9.17) is 18.9 Å². The van der Waals surface area contributed by atoms with Gasteiger partial charge in [-0.05, 0) is 52.3 Å². The molecule has 4 atom stereocenters. The van der Waals surface area contributed by atoms with Crippen LogP contribution in [0.1, 0.15) is 49.9 Å². The van der Waals surface area contributed by atoms with Gasteiger partial charge in [0.05, 0.1) is 26.3 Å². The monoisotopic (exact) mass is 555 g/mol. The summed E-state index contributed by atoms with van der Waals surface area (Å²) in [5.74, 6) is 0.633. The van der Waals surface area contributed by atoms with Crippen molar-refractivity contribution in [1.29, 1.82) is 0 Å². The lowest BCUT2D eigenvalue weighted by atomic mass is 9.73. The van der Waals surface area contributed by atoms with Gasteiger partial charge in [-0.3, -0.25) is 24.2 Å². The van der Waals surface area contributed by atoms with E-state index in [-0.39, 0.29) is 54.7 Å². The smallest absolute Gasteiger partial charge is 0.226 e. The Labute approximate surface area is 236 Å². The Balaban J connectivity index is 1.94. The normalized spacial score (nSPS) is 25.5. The van der Waals surface area contributed by atoms with E-state index in [1.165, 1.54) is 14.0 Å². The van der Waals surface area contributed by atoms with Crippen molar-refractivity contribution in [2.45, 2.75) is 65.2 Å². The molecule has 0 bridgehead atoms. The number of Topliss-reactive ketones (excluding diaryl/α,β-unsaturated/α-hetero) is 2. The number of hydrogen-bond acceptors (Lipinski definition) is 9. The molecule has 1 aromatic carbocycles. The van der Waals surface area contributed by atoms with Crippen LogP contribution >= 0.6 is 0 Å². The molecule has 0 radical (unpaired) electrons. The number of fused-ring (bicyclic) bond motifs is 1. The van der Waals surface area contributed by atoms with Crippen molar-refractivity contribution in [3.05, 3.63) is 45.2 Å². The summed E-state index contributed by atoms with van der Waals surface area (Å²) >= 11 is 0. The maximum atomic E-state index is 13.7. The number of nitrogens with one attached hydrogen (secondary N) is 1. The van der Waals surface area contributed by atoms with E-state index in [2.05, 4.69) is 35.2 Å². The first-order chi connectivity index (χ1) is 19.0. The maximum absolute atomic E-state index is 13.7. The summed E-state index contributed by atoms with van der Waals surface area (Å²) in [6.07, 6.45) is 0.367. The second-order valence-corrected chi connectivity index (χ2v) is 10.9. The molecule has 0 aromatic heterocycles. The number of hydrogen-bond donors (Lipinski definition) is 1. The fourth-order valence-corrected chi connectivity index (χ4v) is 6.63. The minimum Gasteiger partial charge on any atom is -0.493 e. The van der Waals surface area contributed by atoms with E-state index < -0.39 is 6.04 Å². The highest BCUT2D eigenvalue weighted by atomic mass is 16.7. The molecule has 4 rings (SSSR count). The SMILES string of the molecule is COCOc1c(OC)c(C)cc(C)c1[C@@H]1C2CC3=C(C(=O)C(OC)=C(C)C3=O)[C@H](CNC(C)=O)N2CC(C)N1C. The number of amides is 1. The van der Waals surface area contributed by atoms with Gasteiger partial charge in [-0.1, -0.05) is 6.07 Å². The van der Waals surface area contributed by atoms with Crippen molar-refractivity contribution < 1.29 is 33.3 Å². The van der Waals surface area contributed by atoms with Gasteiger partial charge >= 0.3 is 0 Å². The van der Waals surface area contributed by atoms with Crippen LogP contribution in [0.4, 0.5) is 0 Å². The Morgan fingerprint density at radius 2 is 1.75 bits per heavy atom. The molecule has 218 valence electrons. The van der Waals surface area contributed by atoms with Crippen molar-refractivity contribution in [3.8, 4) is 11.5 Å². The number of methoxy groups -OCH3 is 3. The summed E-state index contributed by atoms with van der Waals surface area (Å²) in [6, 6.07) is 1.26. The molecule has 1 N–H and O–H groups in total. The van der Waals surface area contributed by atoms with Crippen molar-refractivity contribution in [2.75, 3.05) is 48.3 Å². The van der Waals surface area contributed by atoms with Crippen molar-refractivity contribution >= 4 is 17.5 Å². The van der Waals surface area contributed by atoms with Crippen LogP contribution in [-0.2, 0) is 23.9 Å². The average Bonchev–Trinajstić information content (AvgIpc) is 2.90. The van der Waals surface area contributed by atoms with Crippen molar-refractivity contribution in [1.82, 2.24) is 15.1 Å². The molecule has 40 heavy (non-hydrogen) atoms. The maximum Gasteiger partial charge on any atom is 0.226 e. The van der Waals surface area contributed by atoms with E-state index in [1.54, 1.807) is 21.1 Å². The van der Waals surface area contributed by atoms with Crippen LogP contribution in [-0.4, -0.2) is 93.7 Å². The number of aryl methyl sites for hydroxylation is 2. The number of ether oxygens (including phenoxy) is 4. The van der Waals surface area contributed by atoms with Crippen LogP contribution in [0, 0.1) is 13.8 Å². The Kier molecular flexibility index (Phi) is 8.72. The fourth-order valence-electron chi connectivity index (χ4n) is 6.63. The molecule has 1 fully saturated rings. The summed E-state index contributed by atoms with van der Waals surface area (Å²) < 4.78 is 22.7. The van der Waals surface area contributed by atoms with E-state index in [1.807, 2.05) is 13.8 Å². The third kappa shape index (κ3) is 4.93. The highest BCUT2D eigenvalue weighted by Crippen LogP contribution is 2.49. The Hall–Kier alpha value is -3.21. The highest BCUT2D eigenvalue weighted by molar-refractivity contribution is 6.25. The molecule has 2 heterocycles. The van der Waals surface area contributed by atoms with E-state index in [0.29, 0.717) is 41.2 Å². The Bertz CT molecular complexity index is 1280. The molecular formula is C30H41N3O7. The first-order valence-corrected chi connectivity index (χ1v) is 13.6. The second kappa shape index (κ2) is 11.7. The lowest BCUT2D eigenvalue weighted by Crippen LogP contribution is -2.65. The number of nitrogens with zero attached hydrogens (tertiary/aromatic N) is 2. The molecule has 1 amide bonds. The molecule has 3 aliphatic rings. The van der Waals surface area contributed by atoms with Gasteiger partial charge in [0, 0.05) is 61.5 Å². The van der Waals surface area contributed by atoms with Gasteiger partial charge in [0.2, 0.25) is 11.7 Å². The summed E-state index contributed by atoms with van der Waals surface area (Å²) in [4.78, 5) is 44.1. The van der Waals surface area contributed by atoms with Crippen LogP contribution in [0.2, 0.25) is 0 Å². The topological polar surface area (TPSA) is 107 Å². The molecule has 2 aliphatic heterocycles. The number of carbonyl (C=O) groups is 3. The lowest BCUT2D eigenvalue weighted by Gasteiger charge is -2.55. The predicted molar refractivity (Wildman–Crippen MR) is 149 cm³/mol. The molecule has 1 saturated heterocycles. The third-order valence-electron chi connectivity index (χ3n) is 8.51.